The van der Waals surface area contributed by atoms with E-state index >= 15 is 0 Å². The molecular formula is C28H27N5O2. The molecule has 3 N–H and O–H groups in total. The number of fused-ring (bicyclic) bond motifs is 2. The van der Waals surface area contributed by atoms with E-state index in [1.807, 2.05) is 36.7 Å². The van der Waals surface area contributed by atoms with Gasteiger partial charge in [0, 0.05) is 35.3 Å². The molecule has 6 rings (SSSR count). The second kappa shape index (κ2) is 8.98. The number of hydrogen-bond acceptors (Lipinski definition) is 4. The Balaban J connectivity index is 1.12. The summed E-state index contributed by atoms with van der Waals surface area (Å²) in [5.74, 6) is 1.02. The van der Waals surface area contributed by atoms with Crippen LogP contribution in [0.2, 0.25) is 0 Å². The first-order chi connectivity index (χ1) is 17.1. The number of H-pyrrole nitrogens is 2. The van der Waals surface area contributed by atoms with Gasteiger partial charge < -0.3 is 15.3 Å². The molecule has 35 heavy (non-hydrogen) atoms. The van der Waals surface area contributed by atoms with Crippen molar-refractivity contribution in [1.29, 1.82) is 0 Å². The van der Waals surface area contributed by atoms with Crippen LogP contribution >= 0.6 is 0 Å². The Morgan fingerprint density at radius 2 is 1.63 bits per heavy atom. The molecule has 0 amide bonds. The summed E-state index contributed by atoms with van der Waals surface area (Å²) < 4.78 is 0. The number of aromatic nitrogens is 5. The van der Waals surface area contributed by atoms with Crippen LogP contribution in [0.5, 0.6) is 0 Å². The summed E-state index contributed by atoms with van der Waals surface area (Å²) in [5, 5.41) is 16.2. The molecule has 1 aliphatic carbocycles. The highest BCUT2D eigenvalue weighted by atomic mass is 16.4. The smallest absolute Gasteiger partial charge is 0.303 e. The summed E-state index contributed by atoms with van der Waals surface area (Å²) in [4.78, 5) is 25.0. The predicted octanol–water partition coefficient (Wildman–Crippen LogP) is 5.99. The minimum Gasteiger partial charge on any atom is -0.481 e. The zero-order valence-electron chi connectivity index (χ0n) is 19.4. The lowest BCUT2D eigenvalue weighted by Crippen LogP contribution is -2.18. The number of benzene rings is 2. The monoisotopic (exact) mass is 465 g/mol. The van der Waals surface area contributed by atoms with Gasteiger partial charge in [-0.1, -0.05) is 24.3 Å². The van der Waals surface area contributed by atoms with Crippen molar-refractivity contribution in [2.24, 2.45) is 11.8 Å². The minimum absolute atomic E-state index is 0.317. The number of carboxylic acids is 1. The Morgan fingerprint density at radius 3 is 2.34 bits per heavy atom. The van der Waals surface area contributed by atoms with Crippen molar-refractivity contribution in [3.8, 4) is 22.6 Å². The van der Waals surface area contributed by atoms with Crippen LogP contribution in [0.3, 0.4) is 0 Å². The molecule has 3 aromatic heterocycles. The standard InChI is InChI=1S/C28H27N5O2/c34-27(35)12-19-3-1-17(2-4-19)11-18-5-7-20(8-6-18)23-10-9-21(15-29-23)28-31-25-13-22-16-30-33-24(22)14-26(25)32-28/h5-10,13-17,19,30,33H,1-4,11-12H2,(H,34,35). The van der Waals surface area contributed by atoms with E-state index in [2.05, 4.69) is 44.4 Å². The van der Waals surface area contributed by atoms with Crippen LogP contribution in [0.15, 0.2) is 60.9 Å². The average molecular weight is 466 g/mol. The summed E-state index contributed by atoms with van der Waals surface area (Å²) in [6.07, 6.45) is 9.43. The average Bonchev–Trinajstić information content (AvgIpc) is 3.50. The van der Waals surface area contributed by atoms with Crippen molar-refractivity contribution in [2.45, 2.75) is 38.5 Å². The molecule has 1 fully saturated rings. The van der Waals surface area contributed by atoms with E-state index < -0.39 is 5.97 Å². The van der Waals surface area contributed by atoms with Gasteiger partial charge in [0.2, 0.25) is 0 Å². The van der Waals surface area contributed by atoms with E-state index in [9.17, 15) is 4.79 Å². The van der Waals surface area contributed by atoms with Gasteiger partial charge in [-0.05, 0) is 73.8 Å². The van der Waals surface area contributed by atoms with Gasteiger partial charge in [-0.2, -0.15) is 0 Å². The second-order valence-electron chi connectivity index (χ2n) is 9.71. The first-order valence-electron chi connectivity index (χ1n) is 12.2. The van der Waals surface area contributed by atoms with Gasteiger partial charge in [0.15, 0.2) is 5.82 Å². The number of aliphatic carboxylic acids is 1. The minimum atomic E-state index is -0.668. The third kappa shape index (κ3) is 4.54. The number of rotatable bonds is 6. The Bertz CT molecular complexity index is 1430. The first kappa shape index (κ1) is 21.5. The quantitative estimate of drug-likeness (QED) is 0.285. The van der Waals surface area contributed by atoms with Crippen LogP contribution in [-0.2, 0) is 11.2 Å². The summed E-state index contributed by atoms with van der Waals surface area (Å²) in [6.45, 7) is 0. The fourth-order valence-corrected chi connectivity index (χ4v) is 5.30. The summed E-state index contributed by atoms with van der Waals surface area (Å²) >= 11 is 0. The lowest BCUT2D eigenvalue weighted by Gasteiger charge is -2.27. The maximum Gasteiger partial charge on any atom is 0.303 e. The molecule has 0 spiro atoms. The van der Waals surface area contributed by atoms with Gasteiger partial charge in [0.25, 0.3) is 0 Å². The number of aromatic amines is 2. The van der Waals surface area contributed by atoms with Gasteiger partial charge in [-0.3, -0.25) is 9.78 Å². The van der Waals surface area contributed by atoms with E-state index in [-0.39, 0.29) is 0 Å². The van der Waals surface area contributed by atoms with Crippen LogP contribution in [0.4, 0.5) is 0 Å². The number of hydrogen-bond donors (Lipinski definition) is 3. The van der Waals surface area contributed by atoms with Crippen molar-refractivity contribution in [3.05, 3.63) is 66.5 Å². The number of pyridine rings is 1. The van der Waals surface area contributed by atoms with E-state index in [0.717, 1.165) is 70.9 Å². The van der Waals surface area contributed by atoms with Crippen molar-refractivity contribution >= 4 is 27.9 Å². The predicted molar refractivity (Wildman–Crippen MR) is 136 cm³/mol. The van der Waals surface area contributed by atoms with E-state index in [4.69, 9.17) is 10.1 Å². The van der Waals surface area contributed by atoms with Crippen molar-refractivity contribution in [3.63, 3.8) is 0 Å². The second-order valence-corrected chi connectivity index (χ2v) is 9.71. The maximum absolute atomic E-state index is 10.9. The molecule has 7 heteroatoms. The van der Waals surface area contributed by atoms with Gasteiger partial charge in [-0.25, -0.2) is 9.97 Å². The Hall–Kier alpha value is -4.00. The summed E-state index contributed by atoms with van der Waals surface area (Å²) in [6, 6.07) is 16.7. The van der Waals surface area contributed by atoms with Gasteiger partial charge in [-0.15, -0.1) is 0 Å². The molecular weight excluding hydrogens is 438 g/mol. The molecule has 0 aliphatic heterocycles. The molecule has 0 atom stereocenters. The first-order valence-corrected chi connectivity index (χ1v) is 12.2. The normalized spacial score (nSPS) is 18.3. The van der Waals surface area contributed by atoms with Crippen LogP contribution in [0, 0.1) is 11.8 Å². The van der Waals surface area contributed by atoms with E-state index in [1.54, 1.807) is 0 Å². The van der Waals surface area contributed by atoms with E-state index in [0.29, 0.717) is 24.1 Å². The Labute approximate surface area is 202 Å². The van der Waals surface area contributed by atoms with Gasteiger partial charge in [0.1, 0.15) is 0 Å². The number of nitrogens with one attached hydrogen (secondary N) is 2. The molecule has 0 unspecified atom stereocenters. The number of carbonyl (C=O) groups is 1. The highest BCUT2D eigenvalue weighted by molar-refractivity contribution is 5.94. The van der Waals surface area contributed by atoms with Crippen molar-refractivity contribution in [1.82, 2.24) is 25.1 Å². The maximum atomic E-state index is 10.9. The molecule has 176 valence electrons. The van der Waals surface area contributed by atoms with Crippen LogP contribution in [-0.4, -0.2) is 36.2 Å². The third-order valence-electron chi connectivity index (χ3n) is 7.26. The van der Waals surface area contributed by atoms with Crippen molar-refractivity contribution < 1.29 is 9.90 Å². The fourth-order valence-electron chi connectivity index (χ4n) is 5.30. The zero-order chi connectivity index (χ0) is 23.8. The summed E-state index contributed by atoms with van der Waals surface area (Å²) in [7, 11) is 0. The molecule has 0 radical (unpaired) electrons. The highest BCUT2D eigenvalue weighted by Crippen LogP contribution is 2.33. The fraction of sp³-hybridized carbons (Fsp3) is 0.286. The SMILES string of the molecule is O=C(O)CC1CCC(Cc2ccc(-c3ccc(-c4nc5cc6c[nH][nH]c6cc5n4)cn3)cc2)CC1. The number of imidazole rings is 1. The van der Waals surface area contributed by atoms with E-state index in [1.165, 1.54) is 5.56 Å². The van der Waals surface area contributed by atoms with Crippen LogP contribution < -0.4 is 0 Å². The van der Waals surface area contributed by atoms with Crippen LogP contribution in [0.1, 0.15) is 37.7 Å². The molecule has 7 nitrogen and oxygen atoms in total. The van der Waals surface area contributed by atoms with Crippen molar-refractivity contribution in [2.75, 3.05) is 0 Å². The largest absolute Gasteiger partial charge is 0.481 e. The molecule has 1 saturated carbocycles. The lowest BCUT2D eigenvalue weighted by atomic mass is 9.78. The van der Waals surface area contributed by atoms with Gasteiger partial charge in [0.05, 0.1) is 22.2 Å². The lowest BCUT2D eigenvalue weighted by molar-refractivity contribution is -0.138. The Morgan fingerprint density at radius 1 is 0.914 bits per heavy atom. The number of carboxylic acid groups (broad SMARTS) is 1. The molecule has 3 heterocycles. The highest BCUT2D eigenvalue weighted by Gasteiger charge is 2.23. The Kier molecular flexibility index (Phi) is 5.52. The molecule has 0 saturated heterocycles. The van der Waals surface area contributed by atoms with Crippen LogP contribution in [0.25, 0.3) is 44.6 Å². The third-order valence-corrected chi connectivity index (χ3v) is 7.26. The summed E-state index contributed by atoms with van der Waals surface area (Å²) in [5.41, 5.74) is 6.98. The molecule has 0 bridgehead atoms. The van der Waals surface area contributed by atoms with Gasteiger partial charge >= 0.3 is 5.97 Å². The topological polar surface area (TPSA) is 108 Å². The number of nitrogens with zero attached hydrogens (tertiary/aromatic N) is 3. The molecule has 1 aliphatic rings. The zero-order valence-corrected chi connectivity index (χ0v) is 19.4. The molecule has 2 aromatic carbocycles. The molecule has 5 aromatic rings.